The topological polar surface area (TPSA) is 197 Å². The highest BCUT2D eigenvalue weighted by molar-refractivity contribution is 5.92. The van der Waals surface area contributed by atoms with E-state index >= 15 is 0 Å². The Labute approximate surface area is 171 Å². The van der Waals surface area contributed by atoms with Gasteiger partial charge < -0.3 is 37.6 Å². The molecular weight excluding hydrogens is 382 g/mol. The number of carbonyl (C=O) groups is 4. The van der Waals surface area contributed by atoms with Crippen LogP contribution in [0.25, 0.3) is 0 Å². The molecule has 0 aliphatic heterocycles. The number of unbranched alkanes of at least 4 members (excludes halogenated alkanes) is 1. The smallest absolute Gasteiger partial charge is 0.328 e. The van der Waals surface area contributed by atoms with Crippen molar-refractivity contribution >= 4 is 23.7 Å². The number of aliphatic hydroxyl groups is 1. The molecule has 9 N–H and O–H groups in total. The van der Waals surface area contributed by atoms with Crippen LogP contribution < -0.4 is 27.4 Å². The summed E-state index contributed by atoms with van der Waals surface area (Å²) in [5.74, 6) is -3.44. The van der Waals surface area contributed by atoms with Gasteiger partial charge in [0.25, 0.3) is 0 Å². The van der Waals surface area contributed by atoms with Gasteiger partial charge in [0, 0.05) is 0 Å². The average Bonchev–Trinajstić information content (AvgIpc) is 2.66. The summed E-state index contributed by atoms with van der Waals surface area (Å²) in [5.41, 5.74) is 11.3. The molecule has 11 heteroatoms. The van der Waals surface area contributed by atoms with Crippen molar-refractivity contribution in [3.63, 3.8) is 0 Å². The number of nitrogens with two attached hydrogens (primary N) is 2. The van der Waals surface area contributed by atoms with Crippen molar-refractivity contribution in [1.29, 1.82) is 0 Å². The Morgan fingerprint density at radius 2 is 1.62 bits per heavy atom. The molecule has 5 unspecified atom stereocenters. The third-order valence-corrected chi connectivity index (χ3v) is 4.59. The summed E-state index contributed by atoms with van der Waals surface area (Å²) in [5, 5.41) is 25.5. The van der Waals surface area contributed by atoms with Gasteiger partial charge in [-0.1, -0.05) is 26.7 Å². The van der Waals surface area contributed by atoms with Crippen molar-refractivity contribution in [3.05, 3.63) is 0 Å². The van der Waals surface area contributed by atoms with E-state index in [0.717, 1.165) is 6.42 Å². The second-order valence-electron chi connectivity index (χ2n) is 7.10. The lowest BCUT2D eigenvalue weighted by molar-refractivity contribution is -0.144. The predicted octanol–water partition coefficient (Wildman–Crippen LogP) is -1.96. The summed E-state index contributed by atoms with van der Waals surface area (Å²) in [7, 11) is 0. The Balaban J connectivity index is 4.82. The van der Waals surface area contributed by atoms with E-state index in [-0.39, 0.29) is 5.92 Å². The number of hydrogen-bond donors (Lipinski definition) is 7. The molecule has 0 aromatic heterocycles. The number of nitrogens with one attached hydrogen (secondary N) is 3. The monoisotopic (exact) mass is 417 g/mol. The molecule has 0 rings (SSSR count). The van der Waals surface area contributed by atoms with E-state index in [1.165, 1.54) is 6.92 Å². The molecule has 0 aromatic rings. The maximum Gasteiger partial charge on any atom is 0.328 e. The number of amides is 3. The van der Waals surface area contributed by atoms with Gasteiger partial charge in [0.1, 0.15) is 6.04 Å². The van der Waals surface area contributed by atoms with E-state index in [0.29, 0.717) is 25.8 Å². The minimum Gasteiger partial charge on any atom is -0.480 e. The molecule has 3 amide bonds. The Morgan fingerprint density at radius 3 is 2.10 bits per heavy atom. The van der Waals surface area contributed by atoms with Crippen molar-refractivity contribution in [3.8, 4) is 0 Å². The molecule has 29 heavy (non-hydrogen) atoms. The van der Waals surface area contributed by atoms with Crippen LogP contribution in [0.15, 0.2) is 0 Å². The molecule has 0 aliphatic carbocycles. The first-order valence-electron chi connectivity index (χ1n) is 9.79. The lowest BCUT2D eigenvalue weighted by Gasteiger charge is -2.25. The maximum atomic E-state index is 12.5. The molecule has 0 aliphatic rings. The summed E-state index contributed by atoms with van der Waals surface area (Å²) in [6.07, 6.45) is 1.17. The minimum absolute atomic E-state index is 0.220. The molecule has 5 atom stereocenters. The Bertz CT molecular complexity index is 557. The minimum atomic E-state index is -1.49. The second kappa shape index (κ2) is 13.9. The highest BCUT2D eigenvalue weighted by Gasteiger charge is 2.29. The van der Waals surface area contributed by atoms with Crippen LogP contribution in [0.5, 0.6) is 0 Å². The Morgan fingerprint density at radius 1 is 1.00 bits per heavy atom. The Kier molecular flexibility index (Phi) is 12.8. The van der Waals surface area contributed by atoms with Gasteiger partial charge >= 0.3 is 5.97 Å². The molecule has 0 spiro atoms. The van der Waals surface area contributed by atoms with Gasteiger partial charge in [0.15, 0.2) is 6.04 Å². The van der Waals surface area contributed by atoms with Crippen molar-refractivity contribution in [2.45, 2.75) is 70.7 Å². The number of carboxylic acids is 1. The quantitative estimate of drug-likeness (QED) is 0.158. The number of carbonyl (C=O) groups excluding carboxylic acids is 3. The summed E-state index contributed by atoms with van der Waals surface area (Å²) in [6, 6.07) is -3.16. The van der Waals surface area contributed by atoms with Crippen LogP contribution in [0, 0.1) is 5.92 Å². The maximum absolute atomic E-state index is 12.5. The van der Waals surface area contributed by atoms with Crippen LogP contribution in [0.2, 0.25) is 0 Å². The number of aliphatic hydroxyl groups excluding tert-OH is 1. The van der Waals surface area contributed by atoms with Crippen LogP contribution in [-0.2, 0) is 19.2 Å². The van der Waals surface area contributed by atoms with E-state index in [4.69, 9.17) is 16.6 Å². The van der Waals surface area contributed by atoms with E-state index < -0.39 is 54.5 Å². The molecule has 168 valence electrons. The molecular formula is C18H35N5O6. The third kappa shape index (κ3) is 10.2. The lowest BCUT2D eigenvalue weighted by Crippen LogP contribution is -2.56. The molecule has 0 fully saturated rings. The van der Waals surface area contributed by atoms with E-state index in [9.17, 15) is 24.3 Å². The molecule has 11 nitrogen and oxygen atoms in total. The molecule has 0 saturated carbocycles. The predicted molar refractivity (Wildman–Crippen MR) is 107 cm³/mol. The number of aliphatic carboxylic acids is 1. The largest absolute Gasteiger partial charge is 0.480 e. The van der Waals surface area contributed by atoms with Crippen molar-refractivity contribution in [1.82, 2.24) is 16.0 Å². The van der Waals surface area contributed by atoms with Crippen LogP contribution in [0.3, 0.4) is 0 Å². The van der Waals surface area contributed by atoms with Crippen LogP contribution in [0.1, 0.15) is 46.5 Å². The highest BCUT2D eigenvalue weighted by atomic mass is 16.4. The second-order valence-corrected chi connectivity index (χ2v) is 7.10. The molecule has 0 bridgehead atoms. The normalized spacial score (nSPS) is 16.1. The van der Waals surface area contributed by atoms with Crippen molar-refractivity contribution < 1.29 is 29.4 Å². The summed E-state index contributed by atoms with van der Waals surface area (Å²) in [6.45, 7) is 4.86. The van der Waals surface area contributed by atoms with Gasteiger partial charge in [0.05, 0.1) is 18.7 Å². The van der Waals surface area contributed by atoms with Crippen LogP contribution in [-0.4, -0.2) is 71.2 Å². The number of carboxylic acid groups (broad SMARTS) is 1. The zero-order chi connectivity index (χ0) is 22.6. The van der Waals surface area contributed by atoms with E-state index in [1.54, 1.807) is 6.92 Å². The van der Waals surface area contributed by atoms with Gasteiger partial charge in [-0.25, -0.2) is 4.79 Å². The van der Waals surface area contributed by atoms with Gasteiger partial charge in [-0.3, -0.25) is 14.4 Å². The van der Waals surface area contributed by atoms with E-state index in [1.807, 2.05) is 6.92 Å². The standard InChI is InChI=1S/C18H35N5O6/c1-4-10(2)14(23-16(26)12(20)7-5-6-8-19)17(27)21-9-13(25)22-15(11(3)24)18(28)29/h10-12,14-15,24H,4-9,19-20H2,1-3H3,(H,21,27)(H,22,25)(H,23,26)(H,28,29). The van der Waals surface area contributed by atoms with Gasteiger partial charge in [0.2, 0.25) is 17.7 Å². The number of rotatable bonds is 14. The fourth-order valence-electron chi connectivity index (χ4n) is 2.49. The SMILES string of the molecule is CCC(C)C(NC(=O)C(N)CCCCN)C(=O)NCC(=O)NC(C(=O)O)C(C)O. The fourth-order valence-corrected chi connectivity index (χ4v) is 2.49. The van der Waals surface area contributed by atoms with Crippen molar-refractivity contribution in [2.75, 3.05) is 13.1 Å². The summed E-state index contributed by atoms with van der Waals surface area (Å²) >= 11 is 0. The average molecular weight is 418 g/mol. The van der Waals surface area contributed by atoms with Gasteiger partial charge in [-0.05, 0) is 32.2 Å². The Hall–Kier alpha value is -2.24. The molecule has 0 heterocycles. The van der Waals surface area contributed by atoms with Crippen LogP contribution in [0.4, 0.5) is 0 Å². The lowest BCUT2D eigenvalue weighted by atomic mass is 9.97. The van der Waals surface area contributed by atoms with E-state index in [2.05, 4.69) is 16.0 Å². The first-order chi connectivity index (χ1) is 13.5. The van der Waals surface area contributed by atoms with Gasteiger partial charge in [-0.15, -0.1) is 0 Å². The highest BCUT2D eigenvalue weighted by Crippen LogP contribution is 2.09. The van der Waals surface area contributed by atoms with Crippen LogP contribution >= 0.6 is 0 Å². The zero-order valence-electron chi connectivity index (χ0n) is 17.3. The number of hydrogen-bond acceptors (Lipinski definition) is 7. The van der Waals surface area contributed by atoms with Crippen molar-refractivity contribution in [2.24, 2.45) is 17.4 Å². The first kappa shape index (κ1) is 26.8. The molecule has 0 aromatic carbocycles. The molecule has 0 saturated heterocycles. The molecule has 0 radical (unpaired) electrons. The van der Waals surface area contributed by atoms with Gasteiger partial charge in [-0.2, -0.15) is 0 Å². The summed E-state index contributed by atoms with van der Waals surface area (Å²) < 4.78 is 0. The fraction of sp³-hybridized carbons (Fsp3) is 0.778. The summed E-state index contributed by atoms with van der Waals surface area (Å²) in [4.78, 5) is 47.7. The third-order valence-electron chi connectivity index (χ3n) is 4.59. The zero-order valence-corrected chi connectivity index (χ0v) is 17.3. The first-order valence-corrected chi connectivity index (χ1v) is 9.79.